The molecule has 1 unspecified atom stereocenters. The van der Waals surface area contributed by atoms with Crippen molar-refractivity contribution in [2.24, 2.45) is 0 Å². The predicted molar refractivity (Wildman–Crippen MR) is 139 cm³/mol. The molecule has 2 aliphatic rings. The molecule has 7 rings (SSSR count). The summed E-state index contributed by atoms with van der Waals surface area (Å²) in [5.74, 6) is 0.794. The molecule has 0 aliphatic heterocycles. The van der Waals surface area contributed by atoms with Crippen LogP contribution in [0.5, 0.6) is 0 Å². The largest absolute Gasteiger partial charge is 0.383 e. The van der Waals surface area contributed by atoms with E-state index in [1.165, 1.54) is 28.3 Å². The number of nitrogens with two attached hydrogens (primary N) is 1. The molecule has 0 radical (unpaired) electrons. The standard InChI is InChI=1S/C31H22FN3O/c32-27-7-2-1-5-21(27)17-8-10-22-25(14-17)29-26-15-18(9-11-23(26)28(22)29)31(36)35-16-19-4-3-6-24-20(19)12-13-34-30(24)33/h1-15,28-29H,16H2,(H2,33,34)(H,35,36)/t28?,29-/m1/s1. The van der Waals surface area contributed by atoms with Crippen LogP contribution >= 0.6 is 0 Å². The van der Waals surface area contributed by atoms with Gasteiger partial charge < -0.3 is 11.1 Å². The Morgan fingerprint density at radius 3 is 2.47 bits per heavy atom. The van der Waals surface area contributed by atoms with E-state index in [-0.39, 0.29) is 17.6 Å². The molecular weight excluding hydrogens is 449 g/mol. The number of nitrogens with zero attached hydrogens (tertiary/aromatic N) is 1. The van der Waals surface area contributed by atoms with Gasteiger partial charge in [-0.25, -0.2) is 9.37 Å². The number of rotatable bonds is 4. The molecule has 1 amide bonds. The second-order valence-electron chi connectivity index (χ2n) is 9.51. The molecule has 0 fully saturated rings. The third-order valence-corrected chi connectivity index (χ3v) is 7.66. The summed E-state index contributed by atoms with van der Waals surface area (Å²) in [4.78, 5) is 17.2. The number of nitrogen functional groups attached to an aromatic ring is 1. The first-order chi connectivity index (χ1) is 17.6. The molecule has 0 saturated heterocycles. The van der Waals surface area contributed by atoms with Gasteiger partial charge in [0.05, 0.1) is 0 Å². The number of hydrogen-bond acceptors (Lipinski definition) is 3. The summed E-state index contributed by atoms with van der Waals surface area (Å²) < 4.78 is 14.3. The molecule has 1 heterocycles. The molecular formula is C31H22FN3O. The number of amides is 1. The number of benzene rings is 4. The lowest BCUT2D eigenvalue weighted by Gasteiger charge is -2.50. The van der Waals surface area contributed by atoms with Crippen molar-refractivity contribution in [1.82, 2.24) is 10.3 Å². The molecule has 2 aliphatic carbocycles. The molecule has 0 bridgehead atoms. The SMILES string of the molecule is Nc1nccc2c(CNC(=O)c3ccc4c(c3)[C@H]3c5cc(-c6ccccc6F)ccc5C43)cccc12. The molecule has 5 heteroatoms. The highest BCUT2D eigenvalue weighted by atomic mass is 19.1. The van der Waals surface area contributed by atoms with Crippen molar-refractivity contribution in [2.75, 3.05) is 5.73 Å². The van der Waals surface area contributed by atoms with Gasteiger partial charge in [-0.3, -0.25) is 4.79 Å². The minimum absolute atomic E-state index is 0.111. The Kier molecular flexibility index (Phi) is 4.48. The minimum atomic E-state index is -0.216. The number of pyridine rings is 1. The Labute approximate surface area is 207 Å². The van der Waals surface area contributed by atoms with E-state index in [1.54, 1.807) is 12.3 Å². The van der Waals surface area contributed by atoms with Crippen molar-refractivity contribution in [3.05, 3.63) is 130 Å². The average molecular weight is 472 g/mol. The second-order valence-corrected chi connectivity index (χ2v) is 9.51. The maximum atomic E-state index is 14.3. The molecule has 5 aromatic rings. The van der Waals surface area contributed by atoms with Crippen LogP contribution in [0.15, 0.2) is 91.1 Å². The zero-order valence-electron chi connectivity index (χ0n) is 19.3. The van der Waals surface area contributed by atoms with Gasteiger partial charge in [0.1, 0.15) is 11.6 Å². The summed E-state index contributed by atoms with van der Waals surface area (Å²) in [6.07, 6.45) is 1.68. The fourth-order valence-electron chi connectivity index (χ4n) is 5.85. The lowest BCUT2D eigenvalue weighted by Crippen LogP contribution is -2.36. The third kappa shape index (κ3) is 2.99. The molecule has 1 aromatic heterocycles. The molecule has 4 nitrogen and oxygen atoms in total. The van der Waals surface area contributed by atoms with E-state index in [0.717, 1.165) is 21.9 Å². The zero-order chi connectivity index (χ0) is 24.4. The van der Waals surface area contributed by atoms with Crippen LogP contribution in [0.3, 0.4) is 0 Å². The van der Waals surface area contributed by atoms with Crippen LogP contribution in [0.1, 0.15) is 50.0 Å². The summed E-state index contributed by atoms with van der Waals surface area (Å²) >= 11 is 0. The number of fused-ring (bicyclic) bond motifs is 8. The average Bonchev–Trinajstić information content (AvgIpc) is 2.88. The van der Waals surface area contributed by atoms with E-state index >= 15 is 0 Å². The fraction of sp³-hybridized carbons (Fsp3) is 0.0968. The lowest BCUT2D eigenvalue weighted by atomic mass is 9.52. The molecule has 4 aromatic carbocycles. The highest BCUT2D eigenvalue weighted by Crippen LogP contribution is 2.63. The quantitative estimate of drug-likeness (QED) is 0.331. The van der Waals surface area contributed by atoms with Crippen molar-refractivity contribution in [3.63, 3.8) is 0 Å². The van der Waals surface area contributed by atoms with Gasteiger partial charge in [0.2, 0.25) is 0 Å². The van der Waals surface area contributed by atoms with Crippen LogP contribution in [0.25, 0.3) is 21.9 Å². The Morgan fingerprint density at radius 1 is 0.833 bits per heavy atom. The highest BCUT2D eigenvalue weighted by Gasteiger charge is 2.49. The topological polar surface area (TPSA) is 68.0 Å². The van der Waals surface area contributed by atoms with Crippen LogP contribution in [-0.4, -0.2) is 10.9 Å². The van der Waals surface area contributed by atoms with Gasteiger partial charge in [0, 0.05) is 41.1 Å². The summed E-state index contributed by atoms with van der Waals surface area (Å²) in [7, 11) is 0. The van der Waals surface area contributed by atoms with Crippen LogP contribution < -0.4 is 11.1 Å². The second kappa shape index (κ2) is 7.75. The van der Waals surface area contributed by atoms with E-state index in [1.807, 2.05) is 54.6 Å². The summed E-state index contributed by atoms with van der Waals surface area (Å²) in [6, 6.07) is 26.8. The predicted octanol–water partition coefficient (Wildman–Crippen LogP) is 6.14. The molecule has 0 saturated carbocycles. The van der Waals surface area contributed by atoms with Gasteiger partial charge in [0.25, 0.3) is 5.91 Å². The number of halogens is 1. The first-order valence-corrected chi connectivity index (χ1v) is 12.0. The monoisotopic (exact) mass is 471 g/mol. The molecule has 174 valence electrons. The molecule has 3 N–H and O–H groups in total. The maximum Gasteiger partial charge on any atom is 0.251 e. The van der Waals surface area contributed by atoms with Crippen LogP contribution in [0.2, 0.25) is 0 Å². The van der Waals surface area contributed by atoms with Gasteiger partial charge in [-0.15, -0.1) is 0 Å². The van der Waals surface area contributed by atoms with Gasteiger partial charge in [0.15, 0.2) is 0 Å². The van der Waals surface area contributed by atoms with Crippen molar-refractivity contribution >= 4 is 22.5 Å². The normalized spacial score (nSPS) is 16.8. The Balaban J connectivity index is 1.13. The van der Waals surface area contributed by atoms with Crippen molar-refractivity contribution in [2.45, 2.75) is 18.4 Å². The van der Waals surface area contributed by atoms with Gasteiger partial charge in [-0.2, -0.15) is 0 Å². The summed E-state index contributed by atoms with van der Waals surface area (Å²) in [5, 5.41) is 4.93. The number of nitrogens with one attached hydrogen (secondary N) is 1. The van der Waals surface area contributed by atoms with Gasteiger partial charge in [-0.05, 0) is 63.0 Å². The smallest absolute Gasteiger partial charge is 0.251 e. The maximum absolute atomic E-state index is 14.3. The van der Waals surface area contributed by atoms with Crippen molar-refractivity contribution in [3.8, 4) is 11.1 Å². The van der Waals surface area contributed by atoms with E-state index < -0.39 is 0 Å². The first kappa shape index (κ1) is 20.8. The van der Waals surface area contributed by atoms with E-state index in [0.29, 0.717) is 29.4 Å². The molecule has 36 heavy (non-hydrogen) atoms. The number of carbonyl (C=O) groups is 1. The number of carbonyl (C=O) groups excluding carboxylic acids is 1. The zero-order valence-corrected chi connectivity index (χ0v) is 19.3. The fourth-order valence-corrected chi connectivity index (χ4v) is 5.85. The van der Waals surface area contributed by atoms with Crippen molar-refractivity contribution < 1.29 is 9.18 Å². The molecule has 2 atom stereocenters. The van der Waals surface area contributed by atoms with E-state index in [9.17, 15) is 9.18 Å². The summed E-state index contributed by atoms with van der Waals surface area (Å²) in [6.45, 7) is 0.400. The van der Waals surface area contributed by atoms with Crippen molar-refractivity contribution in [1.29, 1.82) is 0 Å². The lowest BCUT2D eigenvalue weighted by molar-refractivity contribution is 0.0951. The van der Waals surface area contributed by atoms with Crippen LogP contribution in [0.4, 0.5) is 10.2 Å². The molecule has 0 spiro atoms. The highest BCUT2D eigenvalue weighted by molar-refractivity contribution is 5.96. The number of aromatic nitrogens is 1. The summed E-state index contributed by atoms with van der Waals surface area (Å²) in [5.41, 5.74) is 14.1. The van der Waals surface area contributed by atoms with Gasteiger partial charge in [-0.1, -0.05) is 60.7 Å². The van der Waals surface area contributed by atoms with E-state index in [4.69, 9.17) is 5.73 Å². The third-order valence-electron chi connectivity index (χ3n) is 7.66. The Bertz CT molecular complexity index is 1710. The van der Waals surface area contributed by atoms with E-state index in [2.05, 4.69) is 28.5 Å². The minimum Gasteiger partial charge on any atom is -0.383 e. The number of hydrogen-bond donors (Lipinski definition) is 2. The Hall–Kier alpha value is -4.51. The number of anilines is 1. The Morgan fingerprint density at radius 2 is 1.61 bits per heavy atom. The van der Waals surface area contributed by atoms with Crippen LogP contribution in [-0.2, 0) is 6.54 Å². The van der Waals surface area contributed by atoms with Gasteiger partial charge >= 0.3 is 0 Å². The first-order valence-electron chi connectivity index (χ1n) is 12.0. The van der Waals surface area contributed by atoms with Crippen LogP contribution in [0, 0.1) is 5.82 Å².